The minimum absolute atomic E-state index is 0.253. The van der Waals surface area contributed by atoms with Gasteiger partial charge < -0.3 is 10.1 Å². The van der Waals surface area contributed by atoms with Gasteiger partial charge in [0.1, 0.15) is 12.1 Å². The highest BCUT2D eigenvalue weighted by Crippen LogP contribution is 2.28. The van der Waals surface area contributed by atoms with Crippen molar-refractivity contribution in [3.05, 3.63) is 30.3 Å². The number of aromatic nitrogens is 4. The normalized spacial score (nSPS) is 22.0. The smallest absolute Gasteiger partial charge is 0.146 e. The number of methoxy groups -OCH3 is 1. The second-order valence-corrected chi connectivity index (χ2v) is 4.59. The molecule has 7 heteroatoms. The Hall–Kier alpha value is -2.02. The van der Waals surface area contributed by atoms with Crippen LogP contribution in [0.5, 0.6) is 0 Å². The van der Waals surface area contributed by atoms with E-state index in [1.54, 1.807) is 19.2 Å². The van der Waals surface area contributed by atoms with Gasteiger partial charge in [-0.2, -0.15) is 0 Å². The number of rotatable bonds is 4. The van der Waals surface area contributed by atoms with E-state index in [1.807, 2.05) is 0 Å². The highest BCUT2D eigenvalue weighted by Gasteiger charge is 2.29. The summed E-state index contributed by atoms with van der Waals surface area (Å²) < 4.78 is 20.4. The monoisotopic (exact) mass is 263 g/mol. The molecule has 100 valence electrons. The first-order chi connectivity index (χ1) is 9.26. The van der Waals surface area contributed by atoms with E-state index in [9.17, 15) is 4.39 Å². The number of halogens is 1. The van der Waals surface area contributed by atoms with Crippen molar-refractivity contribution in [2.75, 3.05) is 12.4 Å². The predicted molar refractivity (Wildman–Crippen MR) is 66.6 cm³/mol. The van der Waals surface area contributed by atoms with Crippen molar-refractivity contribution in [2.45, 2.75) is 25.0 Å². The van der Waals surface area contributed by atoms with Gasteiger partial charge in [0.25, 0.3) is 0 Å². The second kappa shape index (κ2) is 4.93. The molecule has 3 rings (SSSR count). The van der Waals surface area contributed by atoms with Gasteiger partial charge in [-0.05, 0) is 41.5 Å². The first-order valence-electron chi connectivity index (χ1n) is 6.08. The zero-order valence-electron chi connectivity index (χ0n) is 10.5. The molecule has 0 amide bonds. The van der Waals surface area contributed by atoms with Crippen molar-refractivity contribution in [3.63, 3.8) is 0 Å². The summed E-state index contributed by atoms with van der Waals surface area (Å²) in [6.07, 6.45) is 3.54. The molecule has 1 aromatic carbocycles. The van der Waals surface area contributed by atoms with E-state index in [0.717, 1.165) is 18.5 Å². The Morgan fingerprint density at radius 3 is 2.95 bits per heavy atom. The zero-order valence-corrected chi connectivity index (χ0v) is 10.5. The van der Waals surface area contributed by atoms with E-state index in [4.69, 9.17) is 4.74 Å². The summed E-state index contributed by atoms with van der Waals surface area (Å²) >= 11 is 0. The summed E-state index contributed by atoms with van der Waals surface area (Å²) in [5.41, 5.74) is 1.18. The molecule has 0 bridgehead atoms. The number of benzene rings is 1. The van der Waals surface area contributed by atoms with Crippen LogP contribution in [0.2, 0.25) is 0 Å². The van der Waals surface area contributed by atoms with Crippen molar-refractivity contribution in [2.24, 2.45) is 0 Å². The third kappa shape index (κ3) is 2.41. The number of anilines is 1. The molecule has 1 aliphatic rings. The minimum Gasteiger partial charge on any atom is -0.381 e. The summed E-state index contributed by atoms with van der Waals surface area (Å²) in [6.45, 7) is 0. The fraction of sp³-hybridized carbons (Fsp3) is 0.417. The topological polar surface area (TPSA) is 64.9 Å². The van der Waals surface area contributed by atoms with Crippen LogP contribution in [0.3, 0.4) is 0 Å². The summed E-state index contributed by atoms with van der Waals surface area (Å²) in [7, 11) is 1.69. The molecular formula is C12H14FN5O. The lowest BCUT2D eigenvalue weighted by Crippen LogP contribution is -2.40. The van der Waals surface area contributed by atoms with Crippen LogP contribution >= 0.6 is 0 Å². The average molecular weight is 263 g/mol. The van der Waals surface area contributed by atoms with Crippen molar-refractivity contribution in [1.82, 2.24) is 20.2 Å². The van der Waals surface area contributed by atoms with Gasteiger partial charge in [0.05, 0.1) is 17.5 Å². The SMILES string of the molecule is COC1CC(Nc2cc(-n3cnnn3)ccc2F)C1. The van der Waals surface area contributed by atoms with E-state index in [1.165, 1.54) is 17.1 Å². The largest absolute Gasteiger partial charge is 0.381 e. The quantitative estimate of drug-likeness (QED) is 0.903. The molecule has 0 spiro atoms. The highest BCUT2D eigenvalue weighted by atomic mass is 19.1. The van der Waals surface area contributed by atoms with Crippen molar-refractivity contribution in [1.29, 1.82) is 0 Å². The van der Waals surface area contributed by atoms with Crippen molar-refractivity contribution < 1.29 is 9.13 Å². The van der Waals surface area contributed by atoms with Gasteiger partial charge >= 0.3 is 0 Å². The summed E-state index contributed by atoms with van der Waals surface area (Å²) in [5.74, 6) is -0.280. The zero-order chi connectivity index (χ0) is 13.2. The number of nitrogens with one attached hydrogen (secondary N) is 1. The Bertz CT molecular complexity index is 553. The third-order valence-electron chi connectivity index (χ3n) is 3.35. The second-order valence-electron chi connectivity index (χ2n) is 4.59. The molecule has 19 heavy (non-hydrogen) atoms. The molecular weight excluding hydrogens is 249 g/mol. The summed E-state index contributed by atoms with van der Waals surface area (Å²) in [6, 6.07) is 5.00. The molecule has 0 atom stereocenters. The van der Waals surface area contributed by atoms with Gasteiger partial charge in [-0.3, -0.25) is 0 Å². The molecule has 1 aliphatic carbocycles. The van der Waals surface area contributed by atoms with Crippen molar-refractivity contribution >= 4 is 5.69 Å². The van der Waals surface area contributed by atoms with E-state index in [0.29, 0.717) is 5.69 Å². The molecule has 1 N–H and O–H groups in total. The number of hydrogen-bond donors (Lipinski definition) is 1. The maximum Gasteiger partial charge on any atom is 0.146 e. The Morgan fingerprint density at radius 1 is 1.42 bits per heavy atom. The van der Waals surface area contributed by atoms with Crippen LogP contribution in [0, 0.1) is 5.82 Å². The lowest BCUT2D eigenvalue weighted by molar-refractivity contribution is 0.0328. The molecule has 0 aliphatic heterocycles. The van der Waals surface area contributed by atoms with Gasteiger partial charge in [-0.25, -0.2) is 9.07 Å². The van der Waals surface area contributed by atoms with Crippen LogP contribution in [0.25, 0.3) is 5.69 Å². The van der Waals surface area contributed by atoms with Crippen LogP contribution in [0.1, 0.15) is 12.8 Å². The molecule has 1 saturated carbocycles. The molecule has 0 saturated heterocycles. The van der Waals surface area contributed by atoms with Gasteiger partial charge in [0.2, 0.25) is 0 Å². The van der Waals surface area contributed by atoms with Gasteiger partial charge in [-0.15, -0.1) is 5.10 Å². The number of ether oxygens (including phenoxy) is 1. The lowest BCUT2D eigenvalue weighted by Gasteiger charge is -2.35. The molecule has 0 radical (unpaired) electrons. The Labute approximate surface area is 109 Å². The van der Waals surface area contributed by atoms with E-state index in [-0.39, 0.29) is 18.0 Å². The molecule has 2 aromatic rings. The fourth-order valence-electron chi connectivity index (χ4n) is 2.14. The number of hydrogen-bond acceptors (Lipinski definition) is 5. The first-order valence-corrected chi connectivity index (χ1v) is 6.08. The summed E-state index contributed by atoms with van der Waals surface area (Å²) in [5, 5.41) is 14.1. The molecule has 0 unspecified atom stereocenters. The van der Waals surface area contributed by atoms with Gasteiger partial charge in [0, 0.05) is 13.2 Å². The van der Waals surface area contributed by atoms with Crippen LogP contribution in [-0.2, 0) is 4.74 Å². The first kappa shape index (κ1) is 12.0. The van der Waals surface area contributed by atoms with Crippen LogP contribution in [-0.4, -0.2) is 39.5 Å². The van der Waals surface area contributed by atoms with Crippen LogP contribution in [0.4, 0.5) is 10.1 Å². The minimum atomic E-state index is -0.280. The number of tetrazole rings is 1. The van der Waals surface area contributed by atoms with Crippen LogP contribution in [0.15, 0.2) is 24.5 Å². The Kier molecular flexibility index (Phi) is 3.12. The third-order valence-corrected chi connectivity index (χ3v) is 3.35. The van der Waals surface area contributed by atoms with Gasteiger partial charge in [-0.1, -0.05) is 0 Å². The van der Waals surface area contributed by atoms with Crippen molar-refractivity contribution in [3.8, 4) is 5.69 Å². The van der Waals surface area contributed by atoms with Crippen LogP contribution < -0.4 is 5.32 Å². The van der Waals surface area contributed by atoms with E-state index >= 15 is 0 Å². The number of nitrogens with zero attached hydrogens (tertiary/aromatic N) is 4. The molecule has 1 aromatic heterocycles. The predicted octanol–water partition coefficient (Wildman–Crippen LogP) is 1.39. The lowest BCUT2D eigenvalue weighted by atomic mass is 9.89. The standard InChI is InChI=1S/C12H14FN5O/c1-19-10-4-8(5-10)15-12-6-9(2-3-11(12)13)18-7-14-16-17-18/h2-3,6-8,10,15H,4-5H2,1H3. The highest BCUT2D eigenvalue weighted by molar-refractivity contribution is 5.52. The molecule has 6 nitrogen and oxygen atoms in total. The maximum absolute atomic E-state index is 13.8. The molecule has 1 heterocycles. The average Bonchev–Trinajstić information content (AvgIpc) is 2.89. The fourth-order valence-corrected chi connectivity index (χ4v) is 2.14. The Balaban J connectivity index is 1.76. The molecule has 1 fully saturated rings. The Morgan fingerprint density at radius 2 is 2.26 bits per heavy atom. The maximum atomic E-state index is 13.8. The van der Waals surface area contributed by atoms with Gasteiger partial charge in [0.15, 0.2) is 0 Å². The van der Waals surface area contributed by atoms with E-state index < -0.39 is 0 Å². The summed E-state index contributed by atoms with van der Waals surface area (Å²) in [4.78, 5) is 0. The van der Waals surface area contributed by atoms with E-state index in [2.05, 4.69) is 20.8 Å².